The number of carbonyl (C=O) groups excluding carboxylic acids is 3. The first-order valence-corrected chi connectivity index (χ1v) is 14.5. The number of nitrogens with one attached hydrogen (secondary N) is 2. The Hall–Kier alpha value is -3.10. The molecule has 0 bridgehead atoms. The number of hydrogen-bond donors (Lipinski definition) is 2. The normalized spacial score (nSPS) is 12.4. The van der Waals surface area contributed by atoms with Crippen molar-refractivity contribution in [3.63, 3.8) is 0 Å². The minimum atomic E-state index is -0.560. The Labute approximate surface area is 227 Å². The van der Waals surface area contributed by atoms with E-state index in [1.54, 1.807) is 47.4 Å². The van der Waals surface area contributed by atoms with Crippen molar-refractivity contribution in [2.24, 2.45) is 5.92 Å². The minimum Gasteiger partial charge on any atom is -0.484 e. The highest BCUT2D eigenvalue weighted by atomic mass is 32.2. The highest BCUT2D eigenvalue weighted by Crippen LogP contribution is 2.18. The molecule has 37 heavy (non-hydrogen) atoms. The largest absolute Gasteiger partial charge is 0.484 e. The van der Waals surface area contributed by atoms with Gasteiger partial charge in [0.05, 0.1) is 6.04 Å². The van der Waals surface area contributed by atoms with Gasteiger partial charge in [-0.25, -0.2) is 0 Å². The van der Waals surface area contributed by atoms with Crippen LogP contribution in [0.1, 0.15) is 42.1 Å². The van der Waals surface area contributed by atoms with Crippen LogP contribution in [0.2, 0.25) is 0 Å². The van der Waals surface area contributed by atoms with E-state index < -0.39 is 6.04 Å². The lowest BCUT2D eigenvalue weighted by Gasteiger charge is -2.19. The Morgan fingerprint density at radius 3 is 2.38 bits per heavy atom. The third-order valence-corrected chi connectivity index (χ3v) is 7.53. The number of ketones is 1. The van der Waals surface area contributed by atoms with Crippen LogP contribution in [0.15, 0.2) is 77.5 Å². The predicted octanol–water partition coefficient (Wildman–Crippen LogP) is 5.35. The van der Waals surface area contributed by atoms with Crippen LogP contribution >= 0.6 is 23.1 Å². The smallest absolute Gasteiger partial charge is 0.257 e. The molecular weight excluding hydrogens is 504 g/mol. The van der Waals surface area contributed by atoms with Crippen LogP contribution in [0.25, 0.3) is 0 Å². The van der Waals surface area contributed by atoms with Gasteiger partial charge in [-0.05, 0) is 59.0 Å². The number of ether oxygens (including phenoxy) is 1. The van der Waals surface area contributed by atoms with Gasteiger partial charge in [0.2, 0.25) is 5.91 Å². The van der Waals surface area contributed by atoms with Crippen LogP contribution in [0.4, 0.5) is 0 Å². The lowest BCUT2D eigenvalue weighted by molar-refractivity contribution is -0.123. The first-order chi connectivity index (χ1) is 18.0. The fraction of sp³-hybridized carbons (Fsp3) is 0.345. The maximum absolute atomic E-state index is 13.1. The third-order valence-electron chi connectivity index (χ3n) is 5.73. The van der Waals surface area contributed by atoms with Gasteiger partial charge < -0.3 is 15.4 Å². The van der Waals surface area contributed by atoms with Crippen LogP contribution in [0.3, 0.4) is 0 Å². The molecule has 3 rings (SSSR count). The van der Waals surface area contributed by atoms with Crippen molar-refractivity contribution in [2.45, 2.75) is 38.0 Å². The van der Waals surface area contributed by atoms with Crippen LogP contribution in [-0.4, -0.2) is 42.5 Å². The van der Waals surface area contributed by atoms with Gasteiger partial charge in [-0.1, -0.05) is 55.5 Å². The predicted molar refractivity (Wildman–Crippen MR) is 151 cm³/mol. The van der Waals surface area contributed by atoms with Crippen LogP contribution in [0.5, 0.6) is 5.75 Å². The summed E-state index contributed by atoms with van der Waals surface area (Å²) < 4.78 is 5.45. The van der Waals surface area contributed by atoms with Gasteiger partial charge in [-0.2, -0.15) is 23.1 Å². The Bertz CT molecular complexity index is 1090. The second-order valence-electron chi connectivity index (χ2n) is 8.87. The molecule has 0 aliphatic carbocycles. The molecule has 0 spiro atoms. The average molecular weight is 539 g/mol. The Kier molecular flexibility index (Phi) is 12.2. The van der Waals surface area contributed by atoms with E-state index in [9.17, 15) is 14.4 Å². The Morgan fingerprint density at radius 1 is 0.946 bits per heavy atom. The lowest BCUT2D eigenvalue weighted by atomic mass is 10.0. The first kappa shape index (κ1) is 28.5. The van der Waals surface area contributed by atoms with E-state index in [-0.39, 0.29) is 36.5 Å². The maximum atomic E-state index is 13.1. The summed E-state index contributed by atoms with van der Waals surface area (Å²) in [6.45, 7) is 2.39. The molecule has 0 saturated heterocycles. The molecule has 0 radical (unpaired) electrons. The van der Waals surface area contributed by atoms with E-state index in [1.807, 2.05) is 43.3 Å². The lowest BCUT2D eigenvalue weighted by Crippen LogP contribution is -2.41. The number of hydrogen-bond acceptors (Lipinski definition) is 6. The number of para-hydroxylation sites is 1. The molecule has 2 atom stereocenters. The average Bonchev–Trinajstić information content (AvgIpc) is 3.45. The molecule has 6 nitrogen and oxygen atoms in total. The molecule has 2 amide bonds. The van der Waals surface area contributed by atoms with E-state index in [0.717, 1.165) is 11.5 Å². The monoisotopic (exact) mass is 538 g/mol. The third kappa shape index (κ3) is 10.8. The van der Waals surface area contributed by atoms with Gasteiger partial charge in [0.15, 0.2) is 12.4 Å². The second-order valence-corrected chi connectivity index (χ2v) is 10.8. The van der Waals surface area contributed by atoms with Crippen molar-refractivity contribution in [1.82, 2.24) is 10.6 Å². The van der Waals surface area contributed by atoms with Crippen molar-refractivity contribution >= 4 is 40.7 Å². The number of rotatable bonds is 16. The van der Waals surface area contributed by atoms with Gasteiger partial charge in [-0.3, -0.25) is 14.4 Å². The van der Waals surface area contributed by atoms with Crippen LogP contribution in [0, 0.1) is 5.92 Å². The van der Waals surface area contributed by atoms with Crippen molar-refractivity contribution < 1.29 is 19.1 Å². The Morgan fingerprint density at radius 2 is 1.68 bits per heavy atom. The summed E-state index contributed by atoms with van der Waals surface area (Å²) in [4.78, 5) is 37.9. The second kappa shape index (κ2) is 15.9. The van der Waals surface area contributed by atoms with E-state index in [4.69, 9.17) is 4.74 Å². The fourth-order valence-electron chi connectivity index (χ4n) is 3.59. The first-order valence-electron chi connectivity index (χ1n) is 12.4. The number of benzene rings is 2. The van der Waals surface area contributed by atoms with Gasteiger partial charge in [0.1, 0.15) is 5.75 Å². The number of carbonyl (C=O) groups is 3. The molecule has 0 aliphatic heterocycles. The zero-order valence-corrected chi connectivity index (χ0v) is 22.7. The molecule has 0 aliphatic rings. The molecule has 2 aromatic carbocycles. The van der Waals surface area contributed by atoms with Gasteiger partial charge in [-0.15, -0.1) is 0 Å². The zero-order valence-electron chi connectivity index (χ0n) is 21.1. The highest BCUT2D eigenvalue weighted by molar-refractivity contribution is 7.98. The Balaban J connectivity index is 1.40. The molecule has 2 N–H and O–H groups in total. The van der Waals surface area contributed by atoms with Crippen molar-refractivity contribution in [3.05, 3.63) is 88.6 Å². The number of thiophene rings is 1. The molecule has 0 unspecified atom stereocenters. The van der Waals surface area contributed by atoms with Gasteiger partial charge in [0, 0.05) is 24.3 Å². The minimum absolute atomic E-state index is 0.0507. The van der Waals surface area contributed by atoms with E-state index in [0.29, 0.717) is 30.7 Å². The molecule has 196 valence electrons. The van der Waals surface area contributed by atoms with Crippen molar-refractivity contribution in [1.29, 1.82) is 0 Å². The SMILES string of the molecule is C[C@@H](CCC(=O)N[C@@H](CCSCc1ccsc1)C(=O)c1ccccc1)CNC(=O)COc1ccccc1. The van der Waals surface area contributed by atoms with Gasteiger partial charge in [0.25, 0.3) is 5.91 Å². The highest BCUT2D eigenvalue weighted by Gasteiger charge is 2.22. The van der Waals surface area contributed by atoms with Crippen LogP contribution in [-0.2, 0) is 15.3 Å². The van der Waals surface area contributed by atoms with Crippen molar-refractivity contribution in [2.75, 3.05) is 18.9 Å². The molecule has 1 aromatic heterocycles. The summed E-state index contributed by atoms with van der Waals surface area (Å²) in [7, 11) is 0. The summed E-state index contributed by atoms with van der Waals surface area (Å²) >= 11 is 3.44. The summed E-state index contributed by atoms with van der Waals surface area (Å²) in [5.74, 6) is 2.00. The van der Waals surface area contributed by atoms with Crippen molar-refractivity contribution in [3.8, 4) is 5.75 Å². The summed E-state index contributed by atoms with van der Waals surface area (Å²) in [5.41, 5.74) is 1.88. The van der Waals surface area contributed by atoms with E-state index >= 15 is 0 Å². The fourth-order valence-corrected chi connectivity index (χ4v) is 5.33. The van der Waals surface area contributed by atoms with E-state index in [2.05, 4.69) is 27.5 Å². The quantitative estimate of drug-likeness (QED) is 0.190. The summed E-state index contributed by atoms with van der Waals surface area (Å²) in [6, 6.07) is 19.8. The number of Topliss-reactive ketones (excluding diaryl/α,β-unsaturated/α-hetero) is 1. The molecule has 1 heterocycles. The molecular formula is C29H34N2O4S2. The maximum Gasteiger partial charge on any atom is 0.257 e. The van der Waals surface area contributed by atoms with Gasteiger partial charge >= 0.3 is 0 Å². The number of thioether (sulfide) groups is 1. The molecule has 3 aromatic rings. The molecule has 0 fully saturated rings. The molecule has 0 saturated carbocycles. The van der Waals surface area contributed by atoms with E-state index in [1.165, 1.54) is 5.56 Å². The zero-order chi connectivity index (χ0) is 26.3. The summed E-state index contributed by atoms with van der Waals surface area (Å²) in [5, 5.41) is 10.00. The van der Waals surface area contributed by atoms with Crippen LogP contribution < -0.4 is 15.4 Å². The standard InChI is InChI=1S/C29H34N2O4S2/c1-22(18-30-28(33)19-35-25-10-6-3-7-11-25)12-13-27(32)31-26(29(34)24-8-4-2-5-9-24)15-17-37-21-23-14-16-36-20-23/h2-11,14,16,20,22,26H,12-13,15,17-19,21H2,1H3,(H,30,33)(H,31,32)/t22-,26-/m0/s1. The topological polar surface area (TPSA) is 84.5 Å². The summed E-state index contributed by atoms with van der Waals surface area (Å²) in [6.07, 6.45) is 1.46. The number of amides is 2. The molecule has 8 heteroatoms.